The Morgan fingerprint density at radius 3 is 2.69 bits per heavy atom. The molecule has 0 saturated carbocycles. The van der Waals surface area contributed by atoms with Crippen LogP contribution in [0.15, 0.2) is 16.6 Å². The number of esters is 1. The monoisotopic (exact) mass is 292 g/mol. The number of halogens is 2. The number of hydrogen-bond donors (Lipinski definition) is 0. The summed E-state index contributed by atoms with van der Waals surface area (Å²) in [5, 5.41) is 0. The van der Waals surface area contributed by atoms with Crippen LogP contribution in [0.2, 0.25) is 0 Å². The van der Waals surface area contributed by atoms with Crippen LogP contribution in [0, 0.1) is 5.82 Å². The maximum Gasteiger partial charge on any atom is 0.339 e. The third-order valence-corrected chi connectivity index (χ3v) is 2.42. The molecule has 6 heteroatoms. The van der Waals surface area contributed by atoms with Crippen molar-refractivity contribution in [3.05, 3.63) is 28.0 Å². The zero-order valence-electron chi connectivity index (χ0n) is 8.75. The van der Waals surface area contributed by atoms with Gasteiger partial charge in [0.15, 0.2) is 18.4 Å². The van der Waals surface area contributed by atoms with Crippen LogP contribution in [0.1, 0.15) is 10.4 Å². The van der Waals surface area contributed by atoms with Crippen LogP contribution in [-0.2, 0) is 9.47 Å². The Hall–Kier alpha value is -1.14. The van der Waals surface area contributed by atoms with E-state index in [2.05, 4.69) is 25.4 Å². The number of rotatable bonds is 4. The van der Waals surface area contributed by atoms with Crippen molar-refractivity contribution in [2.75, 3.05) is 21.0 Å². The van der Waals surface area contributed by atoms with Gasteiger partial charge in [0, 0.05) is 11.6 Å². The molecule has 0 unspecified atom stereocenters. The average molecular weight is 293 g/mol. The average Bonchev–Trinajstić information content (AvgIpc) is 2.28. The maximum absolute atomic E-state index is 13.4. The summed E-state index contributed by atoms with van der Waals surface area (Å²) in [7, 11) is 2.65. The molecule has 0 fully saturated rings. The van der Waals surface area contributed by atoms with Crippen molar-refractivity contribution in [1.82, 2.24) is 0 Å². The van der Waals surface area contributed by atoms with E-state index in [0.29, 0.717) is 4.47 Å². The van der Waals surface area contributed by atoms with Crippen LogP contribution in [0.5, 0.6) is 5.75 Å². The Morgan fingerprint density at radius 1 is 1.44 bits per heavy atom. The van der Waals surface area contributed by atoms with E-state index >= 15 is 0 Å². The lowest BCUT2D eigenvalue weighted by Crippen LogP contribution is -2.06. The second-order valence-corrected chi connectivity index (χ2v) is 3.66. The predicted molar refractivity (Wildman–Crippen MR) is 57.9 cm³/mol. The standard InChI is InChI=1S/C10H10BrFO4/c1-14-5-16-9-4-7(11)6(3-8(9)12)10(13)15-2/h3-4H,5H2,1-2H3. The summed E-state index contributed by atoms with van der Waals surface area (Å²) in [6.45, 7) is -0.0685. The molecule has 16 heavy (non-hydrogen) atoms. The Kier molecular flexibility index (Phi) is 4.70. The number of hydrogen-bond acceptors (Lipinski definition) is 4. The lowest BCUT2D eigenvalue weighted by atomic mass is 10.2. The minimum Gasteiger partial charge on any atom is -0.465 e. The smallest absolute Gasteiger partial charge is 0.339 e. The second-order valence-electron chi connectivity index (χ2n) is 2.80. The largest absolute Gasteiger partial charge is 0.465 e. The fourth-order valence-corrected chi connectivity index (χ4v) is 1.51. The summed E-state index contributed by atoms with van der Waals surface area (Å²) in [5.74, 6) is -1.27. The molecule has 0 radical (unpaired) electrons. The maximum atomic E-state index is 13.4. The van der Waals surface area contributed by atoms with Crippen molar-refractivity contribution in [2.45, 2.75) is 0 Å². The van der Waals surface area contributed by atoms with Crippen molar-refractivity contribution in [2.24, 2.45) is 0 Å². The van der Waals surface area contributed by atoms with Crippen LogP contribution >= 0.6 is 15.9 Å². The molecule has 0 aliphatic heterocycles. The van der Waals surface area contributed by atoms with E-state index < -0.39 is 11.8 Å². The first-order valence-corrected chi connectivity index (χ1v) is 5.08. The molecule has 1 aromatic carbocycles. The van der Waals surface area contributed by atoms with Crippen molar-refractivity contribution < 1.29 is 23.4 Å². The number of methoxy groups -OCH3 is 2. The number of carbonyl (C=O) groups is 1. The Balaban J connectivity index is 3.02. The molecule has 0 spiro atoms. The fraction of sp³-hybridized carbons (Fsp3) is 0.300. The summed E-state index contributed by atoms with van der Waals surface area (Å²) in [6, 6.07) is 2.39. The molecule has 88 valence electrons. The van der Waals surface area contributed by atoms with Gasteiger partial charge < -0.3 is 14.2 Å². The summed E-state index contributed by atoms with van der Waals surface area (Å²) >= 11 is 3.13. The van der Waals surface area contributed by atoms with Gasteiger partial charge in [-0.1, -0.05) is 0 Å². The summed E-state index contributed by atoms with van der Waals surface area (Å²) in [5.41, 5.74) is 0.102. The van der Waals surface area contributed by atoms with E-state index in [4.69, 9.17) is 4.74 Å². The topological polar surface area (TPSA) is 44.8 Å². The molecular weight excluding hydrogens is 283 g/mol. The SMILES string of the molecule is COCOc1cc(Br)c(C(=O)OC)cc1F. The zero-order valence-corrected chi connectivity index (χ0v) is 10.3. The predicted octanol–water partition coefficient (Wildman–Crippen LogP) is 2.36. The first-order valence-electron chi connectivity index (χ1n) is 4.29. The Bertz CT molecular complexity index is 395. The lowest BCUT2D eigenvalue weighted by molar-refractivity contribution is 0.0481. The summed E-state index contributed by atoms with van der Waals surface area (Å²) < 4.78 is 27.9. The van der Waals surface area contributed by atoms with Gasteiger partial charge >= 0.3 is 5.97 Å². The molecule has 0 bridgehead atoms. The summed E-state index contributed by atoms with van der Waals surface area (Å²) in [6.07, 6.45) is 0. The normalized spacial score (nSPS) is 10.0. The van der Waals surface area contributed by atoms with E-state index in [0.717, 1.165) is 6.07 Å². The minimum absolute atomic E-state index is 0.00128. The quantitative estimate of drug-likeness (QED) is 0.631. The second kappa shape index (κ2) is 5.81. The molecule has 1 rings (SSSR count). The highest BCUT2D eigenvalue weighted by Gasteiger charge is 2.15. The van der Waals surface area contributed by atoms with Crippen molar-refractivity contribution in [3.8, 4) is 5.75 Å². The molecule has 0 amide bonds. The number of benzene rings is 1. The van der Waals surface area contributed by atoms with E-state index in [1.165, 1.54) is 20.3 Å². The highest BCUT2D eigenvalue weighted by molar-refractivity contribution is 9.10. The van der Waals surface area contributed by atoms with Gasteiger partial charge in [-0.25, -0.2) is 9.18 Å². The number of ether oxygens (including phenoxy) is 3. The molecule has 0 saturated heterocycles. The van der Waals surface area contributed by atoms with E-state index in [1.54, 1.807) is 0 Å². The van der Waals surface area contributed by atoms with Crippen LogP contribution < -0.4 is 4.74 Å². The van der Waals surface area contributed by atoms with E-state index in [-0.39, 0.29) is 18.1 Å². The molecule has 0 N–H and O–H groups in total. The van der Waals surface area contributed by atoms with Crippen molar-refractivity contribution >= 4 is 21.9 Å². The van der Waals surface area contributed by atoms with Crippen LogP contribution in [0.4, 0.5) is 4.39 Å². The van der Waals surface area contributed by atoms with Crippen LogP contribution in [-0.4, -0.2) is 27.0 Å². The van der Waals surface area contributed by atoms with Crippen molar-refractivity contribution in [1.29, 1.82) is 0 Å². The molecular formula is C10H10BrFO4. The Morgan fingerprint density at radius 2 is 2.12 bits per heavy atom. The van der Waals surface area contributed by atoms with Crippen LogP contribution in [0.25, 0.3) is 0 Å². The van der Waals surface area contributed by atoms with Crippen LogP contribution in [0.3, 0.4) is 0 Å². The van der Waals surface area contributed by atoms with Gasteiger partial charge in [-0.2, -0.15) is 0 Å². The first kappa shape index (κ1) is 12.9. The molecule has 1 aromatic rings. The molecule has 0 atom stereocenters. The van der Waals surface area contributed by atoms with Crippen molar-refractivity contribution in [3.63, 3.8) is 0 Å². The molecule has 0 aromatic heterocycles. The first-order chi connectivity index (χ1) is 7.60. The lowest BCUT2D eigenvalue weighted by Gasteiger charge is -2.08. The van der Waals surface area contributed by atoms with Gasteiger partial charge in [0.25, 0.3) is 0 Å². The van der Waals surface area contributed by atoms with Gasteiger partial charge in [-0.05, 0) is 28.1 Å². The third-order valence-electron chi connectivity index (χ3n) is 1.76. The fourth-order valence-electron chi connectivity index (χ4n) is 1.03. The van der Waals surface area contributed by atoms with E-state index in [1.807, 2.05) is 0 Å². The van der Waals surface area contributed by atoms with Gasteiger partial charge in [-0.15, -0.1) is 0 Å². The number of carbonyl (C=O) groups excluding carboxylic acids is 1. The molecule has 0 heterocycles. The van der Waals surface area contributed by atoms with Gasteiger partial charge in [0.05, 0.1) is 12.7 Å². The summed E-state index contributed by atoms with van der Waals surface area (Å²) in [4.78, 5) is 11.2. The third kappa shape index (κ3) is 2.93. The highest BCUT2D eigenvalue weighted by Crippen LogP contribution is 2.27. The van der Waals surface area contributed by atoms with E-state index in [9.17, 15) is 9.18 Å². The van der Waals surface area contributed by atoms with Gasteiger partial charge in [0.2, 0.25) is 0 Å². The highest BCUT2D eigenvalue weighted by atomic mass is 79.9. The van der Waals surface area contributed by atoms with Gasteiger partial charge in [0.1, 0.15) is 0 Å². The molecule has 0 aliphatic carbocycles. The Labute approximate surface area is 100 Å². The van der Waals surface area contributed by atoms with Gasteiger partial charge in [-0.3, -0.25) is 0 Å². The molecule has 0 aliphatic rings. The zero-order chi connectivity index (χ0) is 12.1. The minimum atomic E-state index is -0.652. The molecule has 4 nitrogen and oxygen atoms in total.